The summed E-state index contributed by atoms with van der Waals surface area (Å²) in [6.45, 7) is 2.67. The summed E-state index contributed by atoms with van der Waals surface area (Å²) in [6, 6.07) is 5.78. The summed E-state index contributed by atoms with van der Waals surface area (Å²) >= 11 is 4.88. The van der Waals surface area contributed by atoms with Crippen LogP contribution in [-0.2, 0) is 17.6 Å². The first-order valence-electron chi connectivity index (χ1n) is 8.62. The number of fused-ring (bicyclic) bond motifs is 1. The summed E-state index contributed by atoms with van der Waals surface area (Å²) in [7, 11) is 0. The fraction of sp³-hybridized carbons (Fsp3) is 0.389. The van der Waals surface area contributed by atoms with E-state index in [1.807, 2.05) is 19.1 Å². The van der Waals surface area contributed by atoms with Crippen LogP contribution in [0.2, 0.25) is 0 Å². The molecule has 0 aliphatic heterocycles. The molecule has 2 aromatic rings. The van der Waals surface area contributed by atoms with Crippen molar-refractivity contribution in [1.29, 1.82) is 0 Å². The predicted molar refractivity (Wildman–Crippen MR) is 106 cm³/mol. The average Bonchev–Trinajstić information content (AvgIpc) is 3.21. The minimum Gasteiger partial charge on any atom is -0.356 e. The predicted octanol–water partition coefficient (Wildman–Crippen LogP) is 3.78. The van der Waals surface area contributed by atoms with E-state index in [2.05, 4.69) is 42.9 Å². The van der Waals surface area contributed by atoms with E-state index in [0.29, 0.717) is 17.4 Å². The van der Waals surface area contributed by atoms with Crippen molar-refractivity contribution in [3.05, 3.63) is 44.9 Å². The maximum atomic E-state index is 12.3. The van der Waals surface area contributed by atoms with Crippen LogP contribution < -0.4 is 16.0 Å². The summed E-state index contributed by atoms with van der Waals surface area (Å²) in [6.07, 6.45) is 2.95. The second-order valence-corrected chi connectivity index (χ2v) is 7.88. The molecule has 6 nitrogen and oxygen atoms in total. The molecule has 0 saturated heterocycles. The highest BCUT2D eigenvalue weighted by molar-refractivity contribution is 9.10. The van der Waals surface area contributed by atoms with E-state index >= 15 is 0 Å². The van der Waals surface area contributed by atoms with Crippen LogP contribution in [0.25, 0.3) is 0 Å². The van der Waals surface area contributed by atoms with E-state index in [0.717, 1.165) is 29.3 Å². The van der Waals surface area contributed by atoms with Gasteiger partial charge in [0, 0.05) is 16.4 Å². The second-order valence-electron chi connectivity index (χ2n) is 6.17. The molecule has 1 aromatic carbocycles. The Bertz CT molecular complexity index is 808. The van der Waals surface area contributed by atoms with Crippen LogP contribution in [0.5, 0.6) is 0 Å². The molecule has 138 valence electrons. The number of aromatic nitrogens is 1. The SMILES string of the molecule is CCCNC(=O)Cc1csc(NC(=O)NC2CCc3c(Br)cccc32)n1. The third kappa shape index (κ3) is 4.62. The Morgan fingerprint density at radius 1 is 1.38 bits per heavy atom. The fourth-order valence-corrected chi connectivity index (χ4v) is 4.27. The molecule has 3 amide bonds. The maximum Gasteiger partial charge on any atom is 0.321 e. The Hall–Kier alpha value is -1.93. The quantitative estimate of drug-likeness (QED) is 0.643. The molecule has 3 rings (SSSR count). The molecular weight excluding hydrogens is 416 g/mol. The lowest BCUT2D eigenvalue weighted by atomic mass is 10.1. The van der Waals surface area contributed by atoms with Crippen molar-refractivity contribution >= 4 is 44.3 Å². The van der Waals surface area contributed by atoms with Gasteiger partial charge in [-0.3, -0.25) is 10.1 Å². The molecule has 0 fully saturated rings. The maximum absolute atomic E-state index is 12.3. The lowest BCUT2D eigenvalue weighted by Crippen LogP contribution is -2.31. The average molecular weight is 437 g/mol. The number of hydrogen-bond acceptors (Lipinski definition) is 4. The minimum absolute atomic E-state index is 0.00162. The van der Waals surface area contributed by atoms with Gasteiger partial charge >= 0.3 is 6.03 Å². The number of halogens is 1. The first kappa shape index (κ1) is 18.8. The lowest BCUT2D eigenvalue weighted by molar-refractivity contribution is -0.120. The largest absolute Gasteiger partial charge is 0.356 e. The Balaban J connectivity index is 1.54. The molecule has 3 N–H and O–H groups in total. The number of carbonyl (C=O) groups excluding carboxylic acids is 2. The van der Waals surface area contributed by atoms with Crippen molar-refractivity contribution in [2.45, 2.75) is 38.6 Å². The van der Waals surface area contributed by atoms with Gasteiger partial charge in [0.05, 0.1) is 18.2 Å². The van der Waals surface area contributed by atoms with Crippen LogP contribution in [0, 0.1) is 0 Å². The minimum atomic E-state index is -0.279. The molecule has 1 aliphatic carbocycles. The number of carbonyl (C=O) groups is 2. The lowest BCUT2D eigenvalue weighted by Gasteiger charge is -2.14. The molecule has 1 aromatic heterocycles. The van der Waals surface area contributed by atoms with Gasteiger partial charge < -0.3 is 10.6 Å². The fourth-order valence-electron chi connectivity index (χ4n) is 2.99. The Morgan fingerprint density at radius 3 is 3.04 bits per heavy atom. The van der Waals surface area contributed by atoms with Crippen molar-refractivity contribution in [3.63, 3.8) is 0 Å². The van der Waals surface area contributed by atoms with Gasteiger partial charge in [0.25, 0.3) is 0 Å². The van der Waals surface area contributed by atoms with Crippen molar-refractivity contribution < 1.29 is 9.59 Å². The van der Waals surface area contributed by atoms with Crippen molar-refractivity contribution in [2.75, 3.05) is 11.9 Å². The van der Waals surface area contributed by atoms with Gasteiger partial charge in [-0.1, -0.05) is 35.0 Å². The van der Waals surface area contributed by atoms with E-state index in [-0.39, 0.29) is 24.4 Å². The first-order valence-corrected chi connectivity index (χ1v) is 10.3. The zero-order valence-corrected chi connectivity index (χ0v) is 16.9. The smallest absolute Gasteiger partial charge is 0.321 e. The summed E-state index contributed by atoms with van der Waals surface area (Å²) in [5, 5.41) is 10.9. The third-order valence-electron chi connectivity index (χ3n) is 4.20. The summed E-state index contributed by atoms with van der Waals surface area (Å²) in [5.74, 6) is -0.0544. The zero-order valence-electron chi connectivity index (χ0n) is 14.5. The Labute approximate surface area is 164 Å². The molecular formula is C18H21BrN4O2S. The molecule has 1 aliphatic rings. The molecule has 0 saturated carbocycles. The highest BCUT2D eigenvalue weighted by Gasteiger charge is 2.25. The van der Waals surface area contributed by atoms with Gasteiger partial charge in [-0.2, -0.15) is 0 Å². The van der Waals surface area contributed by atoms with Crippen LogP contribution in [0.1, 0.15) is 42.6 Å². The molecule has 1 atom stereocenters. The van der Waals surface area contributed by atoms with Gasteiger partial charge in [-0.05, 0) is 36.5 Å². The normalized spacial score (nSPS) is 15.4. The number of benzene rings is 1. The van der Waals surface area contributed by atoms with E-state index in [1.54, 1.807) is 5.38 Å². The number of amides is 3. The Kier molecular flexibility index (Phi) is 6.26. The van der Waals surface area contributed by atoms with E-state index in [4.69, 9.17) is 0 Å². The number of urea groups is 1. The third-order valence-corrected chi connectivity index (χ3v) is 5.75. The number of anilines is 1. The standard InChI is InChI=1S/C18H21BrN4O2S/c1-2-8-20-16(24)9-11-10-26-18(21-11)23-17(25)22-15-7-6-12-13(15)4-3-5-14(12)19/h3-5,10,15H,2,6-9H2,1H3,(H,20,24)(H2,21,22,23,25). The monoisotopic (exact) mass is 436 g/mol. The zero-order chi connectivity index (χ0) is 18.5. The van der Waals surface area contributed by atoms with Gasteiger partial charge in [0.2, 0.25) is 5.91 Å². The molecule has 1 unspecified atom stereocenters. The number of rotatable bonds is 6. The van der Waals surface area contributed by atoms with Crippen LogP contribution in [-0.4, -0.2) is 23.5 Å². The highest BCUT2D eigenvalue weighted by Crippen LogP contribution is 2.35. The molecule has 26 heavy (non-hydrogen) atoms. The molecule has 1 heterocycles. The number of hydrogen-bond donors (Lipinski definition) is 3. The van der Waals surface area contributed by atoms with Gasteiger partial charge in [0.15, 0.2) is 5.13 Å². The number of nitrogens with zero attached hydrogens (tertiary/aromatic N) is 1. The summed E-state index contributed by atoms with van der Waals surface area (Å²) in [4.78, 5) is 28.3. The number of nitrogens with one attached hydrogen (secondary N) is 3. The molecule has 8 heteroatoms. The van der Waals surface area contributed by atoms with Gasteiger partial charge in [-0.25, -0.2) is 9.78 Å². The topological polar surface area (TPSA) is 83.1 Å². The first-order chi connectivity index (χ1) is 12.6. The van der Waals surface area contributed by atoms with Crippen LogP contribution in [0.15, 0.2) is 28.1 Å². The van der Waals surface area contributed by atoms with Crippen molar-refractivity contribution in [1.82, 2.24) is 15.6 Å². The summed E-state index contributed by atoms with van der Waals surface area (Å²) < 4.78 is 1.09. The van der Waals surface area contributed by atoms with Gasteiger partial charge in [-0.15, -0.1) is 11.3 Å². The van der Waals surface area contributed by atoms with Gasteiger partial charge in [0.1, 0.15) is 0 Å². The molecule has 0 bridgehead atoms. The van der Waals surface area contributed by atoms with E-state index in [9.17, 15) is 9.59 Å². The van der Waals surface area contributed by atoms with Crippen LogP contribution >= 0.6 is 27.3 Å². The second kappa shape index (κ2) is 8.64. The highest BCUT2D eigenvalue weighted by atomic mass is 79.9. The van der Waals surface area contributed by atoms with E-state index < -0.39 is 0 Å². The van der Waals surface area contributed by atoms with Crippen molar-refractivity contribution in [3.8, 4) is 0 Å². The van der Waals surface area contributed by atoms with E-state index in [1.165, 1.54) is 16.9 Å². The van der Waals surface area contributed by atoms with Crippen LogP contribution in [0.3, 0.4) is 0 Å². The summed E-state index contributed by atoms with van der Waals surface area (Å²) in [5.41, 5.74) is 3.07. The molecule has 0 spiro atoms. The number of thiazole rings is 1. The molecule has 0 radical (unpaired) electrons. The Morgan fingerprint density at radius 2 is 2.23 bits per heavy atom. The van der Waals surface area contributed by atoms with Crippen molar-refractivity contribution in [2.24, 2.45) is 0 Å². The van der Waals surface area contributed by atoms with Crippen LogP contribution in [0.4, 0.5) is 9.93 Å².